The maximum atomic E-state index is 12.6. The van der Waals surface area contributed by atoms with E-state index >= 15 is 0 Å². The maximum absolute atomic E-state index is 12.6. The molecule has 0 fully saturated rings. The van der Waals surface area contributed by atoms with E-state index in [9.17, 15) is 9.90 Å². The van der Waals surface area contributed by atoms with Gasteiger partial charge in [-0.2, -0.15) is 0 Å². The van der Waals surface area contributed by atoms with Crippen LogP contribution < -0.4 is 34.7 Å². The number of phenols is 1. The number of aryl methyl sites for hydroxylation is 2. The van der Waals surface area contributed by atoms with Crippen LogP contribution in [0.15, 0.2) is 54.7 Å². The highest BCUT2D eigenvalue weighted by Gasteiger charge is 2.15. The zero-order chi connectivity index (χ0) is 26.9. The van der Waals surface area contributed by atoms with E-state index in [2.05, 4.69) is 5.32 Å². The molecule has 3 aromatic rings. The average Bonchev–Trinajstić information content (AvgIpc) is 2.90. The third-order valence-corrected chi connectivity index (χ3v) is 5.75. The maximum Gasteiger partial charge on any atom is 0.203 e. The predicted molar refractivity (Wildman–Crippen MR) is 143 cm³/mol. The zero-order valence-electron chi connectivity index (χ0n) is 21.6. The standard InChI is InChI=1S/C28H32N2O7/c1-33-24-9-8-19(16-20(24)29)22(31)10-11-30-21-12-17(13-23(32)27(21)36-4)6-7-18-14-25(34-2)28(37-5)26(15-18)35-3/h8-16,30,32H,6-7,29H2,1-5H3/b11-10-. The summed E-state index contributed by atoms with van der Waals surface area (Å²) in [5.74, 6) is 2.18. The lowest BCUT2D eigenvalue weighted by atomic mass is 10.0. The normalized spacial score (nSPS) is 10.7. The number of carbonyl (C=O) groups is 1. The highest BCUT2D eigenvalue weighted by atomic mass is 16.5. The van der Waals surface area contributed by atoms with Gasteiger partial charge in [0.05, 0.1) is 46.9 Å². The van der Waals surface area contributed by atoms with E-state index in [4.69, 9.17) is 29.4 Å². The van der Waals surface area contributed by atoms with Crippen molar-refractivity contribution < 1.29 is 33.6 Å². The number of allylic oxidation sites excluding steroid dienone is 1. The van der Waals surface area contributed by atoms with Crippen molar-refractivity contribution in [1.29, 1.82) is 0 Å². The molecule has 9 heteroatoms. The Bertz CT molecular complexity index is 1260. The van der Waals surface area contributed by atoms with Gasteiger partial charge in [-0.05, 0) is 66.4 Å². The van der Waals surface area contributed by atoms with E-state index in [0.29, 0.717) is 52.8 Å². The molecule has 0 aliphatic rings. The summed E-state index contributed by atoms with van der Waals surface area (Å²) in [7, 11) is 7.68. The van der Waals surface area contributed by atoms with Crippen molar-refractivity contribution in [3.8, 4) is 34.5 Å². The third-order valence-electron chi connectivity index (χ3n) is 5.75. The van der Waals surface area contributed by atoms with Crippen molar-refractivity contribution >= 4 is 17.2 Å². The smallest absolute Gasteiger partial charge is 0.203 e. The van der Waals surface area contributed by atoms with Gasteiger partial charge in [0.2, 0.25) is 5.75 Å². The first-order chi connectivity index (χ1) is 17.8. The van der Waals surface area contributed by atoms with Crippen LogP contribution in [-0.4, -0.2) is 46.4 Å². The number of phenolic OH excluding ortho intramolecular Hbond substituents is 1. The Labute approximate surface area is 216 Å². The van der Waals surface area contributed by atoms with Gasteiger partial charge >= 0.3 is 0 Å². The topological polar surface area (TPSA) is 122 Å². The summed E-state index contributed by atoms with van der Waals surface area (Å²) in [5.41, 5.74) is 9.04. The molecule has 3 rings (SSSR count). The lowest BCUT2D eigenvalue weighted by Gasteiger charge is -2.15. The molecular formula is C28H32N2O7. The fourth-order valence-electron chi connectivity index (χ4n) is 3.90. The molecule has 0 radical (unpaired) electrons. The van der Waals surface area contributed by atoms with Crippen LogP contribution in [0.1, 0.15) is 21.5 Å². The van der Waals surface area contributed by atoms with E-state index in [1.807, 2.05) is 18.2 Å². The summed E-state index contributed by atoms with van der Waals surface area (Å²) in [6.07, 6.45) is 4.12. The quantitative estimate of drug-likeness (QED) is 0.183. The molecule has 9 nitrogen and oxygen atoms in total. The molecule has 0 aromatic heterocycles. The first kappa shape index (κ1) is 27.1. The fraction of sp³-hybridized carbons (Fsp3) is 0.250. The molecule has 196 valence electrons. The molecule has 4 N–H and O–H groups in total. The number of hydrogen-bond donors (Lipinski definition) is 3. The summed E-state index contributed by atoms with van der Waals surface area (Å²) in [4.78, 5) is 12.6. The molecule has 0 aliphatic carbocycles. The van der Waals surface area contributed by atoms with Crippen molar-refractivity contribution in [2.75, 3.05) is 46.6 Å². The van der Waals surface area contributed by atoms with Gasteiger partial charge in [-0.25, -0.2) is 0 Å². The van der Waals surface area contributed by atoms with Crippen molar-refractivity contribution in [3.05, 3.63) is 71.4 Å². The van der Waals surface area contributed by atoms with Gasteiger partial charge in [-0.3, -0.25) is 4.79 Å². The van der Waals surface area contributed by atoms with Crippen molar-refractivity contribution in [2.45, 2.75) is 12.8 Å². The molecule has 0 spiro atoms. The molecule has 0 atom stereocenters. The van der Waals surface area contributed by atoms with Crippen LogP contribution in [-0.2, 0) is 12.8 Å². The first-order valence-electron chi connectivity index (χ1n) is 11.4. The number of benzene rings is 3. The molecule has 0 saturated heterocycles. The summed E-state index contributed by atoms with van der Waals surface area (Å²) in [6.45, 7) is 0. The molecule has 3 aromatic carbocycles. The molecule has 0 bridgehead atoms. The highest BCUT2D eigenvalue weighted by Crippen LogP contribution is 2.39. The third kappa shape index (κ3) is 6.38. The highest BCUT2D eigenvalue weighted by molar-refractivity contribution is 6.05. The number of hydrogen-bond acceptors (Lipinski definition) is 9. The van der Waals surface area contributed by atoms with E-state index in [-0.39, 0.29) is 17.3 Å². The molecular weight excluding hydrogens is 476 g/mol. The lowest BCUT2D eigenvalue weighted by molar-refractivity contribution is 0.104. The summed E-state index contributed by atoms with van der Waals surface area (Å²) in [6, 6.07) is 12.1. The number of carbonyl (C=O) groups excluding carboxylic acids is 1. The van der Waals surface area contributed by atoms with E-state index in [0.717, 1.165) is 11.1 Å². The second-order valence-corrected chi connectivity index (χ2v) is 8.03. The molecule has 0 amide bonds. The second kappa shape index (κ2) is 12.4. The minimum absolute atomic E-state index is 0.0185. The molecule has 0 aliphatic heterocycles. The van der Waals surface area contributed by atoms with Gasteiger partial charge in [-0.15, -0.1) is 0 Å². The van der Waals surface area contributed by atoms with Crippen LogP contribution >= 0.6 is 0 Å². The van der Waals surface area contributed by atoms with E-state index < -0.39 is 0 Å². The van der Waals surface area contributed by atoms with Gasteiger partial charge in [-0.1, -0.05) is 0 Å². The SMILES string of the molecule is COc1ccc(C(=O)/C=C\Nc2cc(CCc3cc(OC)c(OC)c(OC)c3)cc(O)c2OC)cc1N. The Morgan fingerprint density at radius 2 is 1.41 bits per heavy atom. The number of aromatic hydroxyl groups is 1. The van der Waals surface area contributed by atoms with Crippen LogP contribution in [0.3, 0.4) is 0 Å². The molecule has 37 heavy (non-hydrogen) atoms. The number of ketones is 1. The summed E-state index contributed by atoms with van der Waals surface area (Å²) in [5, 5.41) is 13.6. The number of nitrogen functional groups attached to an aromatic ring is 1. The monoisotopic (exact) mass is 508 g/mol. The van der Waals surface area contributed by atoms with Gasteiger partial charge in [0.25, 0.3) is 0 Å². The Morgan fingerprint density at radius 3 is 1.95 bits per heavy atom. The number of nitrogens with one attached hydrogen (secondary N) is 1. The number of nitrogens with two attached hydrogens (primary N) is 1. The minimum atomic E-state index is -0.247. The summed E-state index contributed by atoms with van der Waals surface area (Å²) >= 11 is 0. The van der Waals surface area contributed by atoms with Crippen LogP contribution in [0.2, 0.25) is 0 Å². The number of anilines is 2. The van der Waals surface area contributed by atoms with Crippen LogP contribution in [0.4, 0.5) is 11.4 Å². The Morgan fingerprint density at radius 1 is 0.811 bits per heavy atom. The van der Waals surface area contributed by atoms with Crippen molar-refractivity contribution in [1.82, 2.24) is 0 Å². The average molecular weight is 509 g/mol. The first-order valence-corrected chi connectivity index (χ1v) is 11.4. The van der Waals surface area contributed by atoms with Crippen molar-refractivity contribution in [2.24, 2.45) is 0 Å². The van der Waals surface area contributed by atoms with Gasteiger partial charge < -0.3 is 39.8 Å². The lowest BCUT2D eigenvalue weighted by Crippen LogP contribution is -2.01. The van der Waals surface area contributed by atoms with Crippen LogP contribution in [0, 0.1) is 0 Å². The second-order valence-electron chi connectivity index (χ2n) is 8.03. The Kier molecular flexibility index (Phi) is 9.10. The summed E-state index contributed by atoms with van der Waals surface area (Å²) < 4.78 is 26.7. The largest absolute Gasteiger partial charge is 0.504 e. The Balaban J connectivity index is 1.77. The Hall–Kier alpha value is -4.53. The number of methoxy groups -OCH3 is 5. The van der Waals surface area contributed by atoms with Gasteiger partial charge in [0, 0.05) is 17.8 Å². The van der Waals surface area contributed by atoms with Crippen molar-refractivity contribution in [3.63, 3.8) is 0 Å². The molecule has 0 heterocycles. The van der Waals surface area contributed by atoms with Crippen LogP contribution in [0.5, 0.6) is 34.5 Å². The minimum Gasteiger partial charge on any atom is -0.504 e. The zero-order valence-corrected chi connectivity index (χ0v) is 21.6. The molecule has 0 saturated carbocycles. The van der Waals surface area contributed by atoms with E-state index in [1.165, 1.54) is 26.5 Å². The van der Waals surface area contributed by atoms with Gasteiger partial charge in [0.15, 0.2) is 28.8 Å². The fourth-order valence-corrected chi connectivity index (χ4v) is 3.90. The predicted octanol–water partition coefficient (Wildman–Crippen LogP) is 4.61. The van der Waals surface area contributed by atoms with E-state index in [1.54, 1.807) is 45.6 Å². The number of rotatable bonds is 12. The molecule has 0 unspecified atom stereocenters. The number of ether oxygens (including phenoxy) is 5. The van der Waals surface area contributed by atoms with Crippen LogP contribution in [0.25, 0.3) is 0 Å². The van der Waals surface area contributed by atoms with Gasteiger partial charge in [0.1, 0.15) is 5.75 Å².